The Morgan fingerprint density at radius 2 is 1.70 bits per heavy atom. The summed E-state index contributed by atoms with van der Waals surface area (Å²) < 4.78 is 5.03. The molecule has 1 heterocycles. The number of allylic oxidation sites excluding steroid dienone is 1. The van der Waals surface area contributed by atoms with Gasteiger partial charge < -0.3 is 0 Å². The molecule has 2 atom stereocenters. The van der Waals surface area contributed by atoms with Crippen molar-refractivity contribution in [2.24, 2.45) is 4.40 Å². The van der Waals surface area contributed by atoms with Crippen LogP contribution in [-0.2, 0) is 0 Å². The van der Waals surface area contributed by atoms with Gasteiger partial charge in [0.25, 0.3) is 0 Å². The van der Waals surface area contributed by atoms with Crippen LogP contribution in [0.1, 0.15) is 48.3 Å². The summed E-state index contributed by atoms with van der Waals surface area (Å²) in [5.74, 6) is 0.748. The number of fused-ring (bicyclic) bond motifs is 5. The average Bonchev–Trinajstić information content (AvgIpc) is 3.01. The van der Waals surface area contributed by atoms with Crippen molar-refractivity contribution in [3.05, 3.63) is 104 Å². The summed E-state index contributed by atoms with van der Waals surface area (Å²) in [6, 6.07) is 22.0. The van der Waals surface area contributed by atoms with E-state index in [0.717, 1.165) is 12.8 Å². The van der Waals surface area contributed by atoms with Crippen LogP contribution in [0, 0.1) is 10.4 Å². The number of rotatable bonds is 1. The van der Waals surface area contributed by atoms with Crippen molar-refractivity contribution in [2.75, 3.05) is 0 Å². The van der Waals surface area contributed by atoms with Crippen LogP contribution in [0.15, 0.2) is 76.0 Å². The lowest BCUT2D eigenvalue weighted by atomic mass is 9.77. The number of nitrogens with zero attached hydrogens (tertiary/aromatic N) is 1. The smallest absolute Gasteiger partial charge is 0.0566 e. The van der Waals surface area contributed by atoms with Gasteiger partial charge in [-0.15, -0.1) is 0 Å². The minimum atomic E-state index is 0.346. The molecule has 0 amide bonds. The average molecular weight is 406 g/mol. The molecule has 2 unspecified atom stereocenters. The topological polar surface area (TPSA) is 12.4 Å². The van der Waals surface area contributed by atoms with Gasteiger partial charge in [0.15, 0.2) is 0 Å². The Balaban J connectivity index is 1.59. The molecule has 146 valence electrons. The molecule has 3 aromatic carbocycles. The van der Waals surface area contributed by atoms with E-state index in [4.69, 9.17) is 4.40 Å². The molecule has 0 saturated heterocycles. The van der Waals surface area contributed by atoms with E-state index in [0.29, 0.717) is 11.8 Å². The van der Waals surface area contributed by atoms with Gasteiger partial charge in [-0.05, 0) is 62.5 Å². The van der Waals surface area contributed by atoms with Gasteiger partial charge in [-0.3, -0.25) is 0 Å². The quantitative estimate of drug-likeness (QED) is 0.473. The van der Waals surface area contributed by atoms with Crippen LogP contribution in [0.2, 0.25) is 0 Å². The fraction of sp³-hybridized carbons (Fsp3) is 0.179. The molecular weight excluding hydrogens is 382 g/mol. The first-order valence-corrected chi connectivity index (χ1v) is 11.5. The molecule has 0 saturated carbocycles. The lowest BCUT2D eigenvalue weighted by molar-refractivity contribution is 0.757. The van der Waals surface area contributed by atoms with Crippen molar-refractivity contribution in [1.82, 2.24) is 0 Å². The Morgan fingerprint density at radius 3 is 2.67 bits per heavy atom. The molecular formula is C28H23NS. The van der Waals surface area contributed by atoms with Gasteiger partial charge in [-0.1, -0.05) is 79.7 Å². The summed E-state index contributed by atoms with van der Waals surface area (Å²) in [6.07, 6.45) is 11.6. The monoisotopic (exact) mass is 405 g/mol. The van der Waals surface area contributed by atoms with Gasteiger partial charge in [0.2, 0.25) is 0 Å². The third kappa shape index (κ3) is 2.82. The maximum Gasteiger partial charge on any atom is 0.0566 e. The van der Waals surface area contributed by atoms with Gasteiger partial charge in [0.1, 0.15) is 0 Å². The predicted octanol–water partition coefficient (Wildman–Crippen LogP) is 5.70. The highest BCUT2D eigenvalue weighted by atomic mass is 32.2. The molecule has 0 fully saturated rings. The Labute approximate surface area is 181 Å². The van der Waals surface area contributed by atoms with Crippen molar-refractivity contribution in [3.63, 3.8) is 0 Å². The van der Waals surface area contributed by atoms with Crippen molar-refractivity contribution in [3.8, 4) is 0 Å². The van der Waals surface area contributed by atoms with E-state index < -0.39 is 0 Å². The number of hydrogen-bond donors (Lipinski definition) is 0. The van der Waals surface area contributed by atoms with Crippen LogP contribution in [0.25, 0.3) is 18.2 Å². The van der Waals surface area contributed by atoms with Crippen molar-refractivity contribution < 1.29 is 0 Å². The molecule has 1 nitrogen and oxygen atoms in total. The molecule has 0 aromatic heterocycles. The summed E-state index contributed by atoms with van der Waals surface area (Å²) in [5, 5.41) is 5.51. The van der Waals surface area contributed by atoms with E-state index in [1.54, 1.807) is 11.9 Å². The summed E-state index contributed by atoms with van der Waals surface area (Å²) in [4.78, 5) is 1.23. The van der Waals surface area contributed by atoms with E-state index in [1.807, 2.05) is 0 Å². The minimum Gasteiger partial charge on any atom is -0.215 e. The maximum atomic E-state index is 5.03. The first-order valence-electron chi connectivity index (χ1n) is 10.8. The summed E-state index contributed by atoms with van der Waals surface area (Å²) >= 11 is 1.62. The van der Waals surface area contributed by atoms with Gasteiger partial charge in [0.05, 0.1) is 5.71 Å². The van der Waals surface area contributed by atoms with Gasteiger partial charge in [-0.2, -0.15) is 0 Å². The molecule has 0 bridgehead atoms. The van der Waals surface area contributed by atoms with Gasteiger partial charge in [0, 0.05) is 28.7 Å². The largest absolute Gasteiger partial charge is 0.215 e. The predicted molar refractivity (Wildman–Crippen MR) is 128 cm³/mol. The maximum absolute atomic E-state index is 5.03. The molecule has 2 aliphatic carbocycles. The van der Waals surface area contributed by atoms with Crippen LogP contribution >= 0.6 is 11.9 Å². The molecule has 30 heavy (non-hydrogen) atoms. The van der Waals surface area contributed by atoms with E-state index in [2.05, 4.69) is 91.9 Å². The fourth-order valence-corrected chi connectivity index (χ4v) is 5.99. The highest BCUT2D eigenvalue weighted by Crippen LogP contribution is 2.36. The molecule has 0 spiro atoms. The van der Waals surface area contributed by atoms with Crippen LogP contribution in [0.3, 0.4) is 0 Å². The minimum absolute atomic E-state index is 0.346. The zero-order chi connectivity index (χ0) is 20.1. The second-order valence-corrected chi connectivity index (χ2v) is 9.19. The molecule has 0 N–H and O–H groups in total. The van der Waals surface area contributed by atoms with Crippen molar-refractivity contribution in [1.29, 1.82) is 0 Å². The molecule has 1 aliphatic heterocycles. The van der Waals surface area contributed by atoms with E-state index in [9.17, 15) is 0 Å². The van der Waals surface area contributed by atoms with Gasteiger partial charge >= 0.3 is 0 Å². The highest BCUT2D eigenvalue weighted by molar-refractivity contribution is 7.98. The van der Waals surface area contributed by atoms with E-state index in [1.165, 1.54) is 48.2 Å². The Morgan fingerprint density at radius 1 is 0.833 bits per heavy atom. The molecule has 2 heteroatoms. The lowest BCUT2D eigenvalue weighted by Crippen LogP contribution is -2.27. The van der Waals surface area contributed by atoms with Crippen LogP contribution in [0.5, 0.6) is 0 Å². The summed E-state index contributed by atoms with van der Waals surface area (Å²) in [7, 11) is 0. The fourth-order valence-electron chi connectivity index (χ4n) is 5.22. The highest BCUT2D eigenvalue weighted by Gasteiger charge is 2.27. The molecule has 3 aromatic rings. The zero-order valence-corrected chi connectivity index (χ0v) is 17.8. The molecule has 6 rings (SSSR count). The summed E-state index contributed by atoms with van der Waals surface area (Å²) in [6.45, 7) is 2.34. The van der Waals surface area contributed by atoms with Crippen molar-refractivity contribution in [2.45, 2.75) is 36.5 Å². The molecule has 3 aliphatic rings. The van der Waals surface area contributed by atoms with Crippen LogP contribution in [0.4, 0.5) is 0 Å². The van der Waals surface area contributed by atoms with E-state index in [-0.39, 0.29) is 0 Å². The Bertz CT molecular complexity index is 1440. The first kappa shape index (κ1) is 18.0. The third-order valence-corrected chi connectivity index (χ3v) is 7.45. The van der Waals surface area contributed by atoms with Crippen molar-refractivity contribution >= 4 is 35.9 Å². The first-order chi connectivity index (χ1) is 14.8. The number of hydrogen-bond acceptors (Lipinski definition) is 2. The van der Waals surface area contributed by atoms with Crippen LogP contribution in [-0.4, -0.2) is 5.71 Å². The Kier molecular flexibility index (Phi) is 4.28. The second-order valence-electron chi connectivity index (χ2n) is 8.38. The Hall–Kier alpha value is -2.84. The zero-order valence-electron chi connectivity index (χ0n) is 17.0. The number of benzene rings is 3. The molecule has 0 radical (unpaired) electrons. The SMILES string of the molecule is CC1C=c2ccccc2=c2ccc3c(c21)C(C1=NSc2ccccc2C=C1)CCC=3. The lowest BCUT2D eigenvalue weighted by Gasteiger charge is -2.27. The third-order valence-electron chi connectivity index (χ3n) is 6.58. The van der Waals surface area contributed by atoms with Crippen LogP contribution < -0.4 is 10.4 Å². The standard InChI is InChI=1S/C28H23NS/c1-18-17-21-8-2-4-10-22(21)23-15-13-20-9-6-11-24(28(20)27(18)23)25-16-14-19-7-3-5-12-26(19)30-29-25/h2-5,7-10,12-18,24H,6,11H2,1H3. The normalized spacial score (nSPS) is 21.0. The van der Waals surface area contributed by atoms with E-state index >= 15 is 0 Å². The van der Waals surface area contributed by atoms with Gasteiger partial charge in [-0.25, -0.2) is 4.40 Å². The second kappa shape index (κ2) is 7.14. The summed E-state index contributed by atoms with van der Waals surface area (Å²) in [5.41, 5.74) is 5.45.